The van der Waals surface area contributed by atoms with Crippen LogP contribution in [0.5, 0.6) is 5.75 Å². The standard InChI is InChI=1S/C18H22ClN3O3/c1-10(2)21-17(23)14-9-15(16(22-14)18(24)20-4)25-11(3)12-5-7-13(19)8-6-12/h5-11,22H,1-4H3,(H,20,24)(H,21,23). The van der Waals surface area contributed by atoms with Crippen LogP contribution >= 0.6 is 11.6 Å². The van der Waals surface area contributed by atoms with E-state index < -0.39 is 0 Å². The van der Waals surface area contributed by atoms with Gasteiger partial charge in [-0.1, -0.05) is 23.7 Å². The lowest BCUT2D eigenvalue weighted by Gasteiger charge is -2.15. The smallest absolute Gasteiger partial charge is 0.271 e. The topological polar surface area (TPSA) is 83.2 Å². The minimum atomic E-state index is -0.359. The largest absolute Gasteiger partial charge is 0.484 e. The molecule has 1 atom stereocenters. The highest BCUT2D eigenvalue weighted by Gasteiger charge is 2.21. The maximum absolute atomic E-state index is 12.2. The lowest BCUT2D eigenvalue weighted by atomic mass is 10.1. The van der Waals surface area contributed by atoms with Crippen molar-refractivity contribution in [2.45, 2.75) is 32.9 Å². The van der Waals surface area contributed by atoms with Crippen LogP contribution in [-0.2, 0) is 0 Å². The molecule has 0 aliphatic heterocycles. The molecular weight excluding hydrogens is 342 g/mol. The van der Waals surface area contributed by atoms with Gasteiger partial charge in [0.1, 0.15) is 17.5 Å². The maximum atomic E-state index is 12.2. The third-order valence-electron chi connectivity index (χ3n) is 3.54. The van der Waals surface area contributed by atoms with Crippen molar-refractivity contribution in [2.75, 3.05) is 7.05 Å². The number of hydrogen-bond donors (Lipinski definition) is 3. The summed E-state index contributed by atoms with van der Waals surface area (Å²) >= 11 is 5.90. The van der Waals surface area contributed by atoms with Gasteiger partial charge in [0, 0.05) is 24.2 Å². The van der Waals surface area contributed by atoms with Crippen LogP contribution in [0.15, 0.2) is 30.3 Å². The zero-order valence-corrected chi connectivity index (χ0v) is 15.4. The molecule has 0 aliphatic carbocycles. The summed E-state index contributed by atoms with van der Waals surface area (Å²) in [5.41, 5.74) is 1.38. The zero-order chi connectivity index (χ0) is 18.6. The molecule has 2 aromatic rings. The predicted octanol–water partition coefficient (Wildman–Crippen LogP) is 3.31. The van der Waals surface area contributed by atoms with Crippen LogP contribution in [0.1, 0.15) is 53.4 Å². The first-order valence-electron chi connectivity index (χ1n) is 8.00. The Labute approximate surface area is 151 Å². The van der Waals surface area contributed by atoms with E-state index in [4.69, 9.17) is 16.3 Å². The van der Waals surface area contributed by atoms with Crippen molar-refractivity contribution in [1.29, 1.82) is 0 Å². The van der Waals surface area contributed by atoms with Crippen LogP contribution in [0.4, 0.5) is 0 Å². The van der Waals surface area contributed by atoms with Gasteiger partial charge in [-0.05, 0) is 38.5 Å². The van der Waals surface area contributed by atoms with Crippen molar-refractivity contribution in [3.05, 3.63) is 52.3 Å². The molecule has 0 saturated heterocycles. The number of H-pyrrole nitrogens is 1. The summed E-state index contributed by atoms with van der Waals surface area (Å²) < 4.78 is 5.92. The Morgan fingerprint density at radius 3 is 2.32 bits per heavy atom. The molecule has 0 saturated carbocycles. The van der Waals surface area contributed by atoms with Crippen molar-refractivity contribution >= 4 is 23.4 Å². The van der Waals surface area contributed by atoms with E-state index in [9.17, 15) is 9.59 Å². The number of carbonyl (C=O) groups is 2. The van der Waals surface area contributed by atoms with Crippen LogP contribution in [0.2, 0.25) is 5.02 Å². The fourth-order valence-electron chi connectivity index (χ4n) is 2.28. The number of benzene rings is 1. The van der Waals surface area contributed by atoms with Crippen LogP contribution in [0, 0.1) is 0 Å². The fraction of sp³-hybridized carbons (Fsp3) is 0.333. The highest BCUT2D eigenvalue weighted by molar-refractivity contribution is 6.30. The van der Waals surface area contributed by atoms with Gasteiger partial charge < -0.3 is 20.4 Å². The summed E-state index contributed by atoms with van der Waals surface area (Å²) in [5.74, 6) is -0.341. The number of halogens is 1. The van der Waals surface area contributed by atoms with E-state index in [1.54, 1.807) is 12.1 Å². The molecule has 2 amide bonds. The second-order valence-corrected chi connectivity index (χ2v) is 6.38. The average Bonchev–Trinajstić information content (AvgIpc) is 2.98. The number of ether oxygens (including phenoxy) is 1. The van der Waals surface area contributed by atoms with Crippen molar-refractivity contribution in [3.8, 4) is 5.75 Å². The molecule has 1 heterocycles. The third-order valence-corrected chi connectivity index (χ3v) is 3.80. The second-order valence-electron chi connectivity index (χ2n) is 5.94. The van der Waals surface area contributed by atoms with Gasteiger partial charge in [-0.2, -0.15) is 0 Å². The first-order valence-corrected chi connectivity index (χ1v) is 8.37. The Bertz CT molecular complexity index is 753. The highest BCUT2D eigenvalue weighted by atomic mass is 35.5. The second kappa shape index (κ2) is 8.07. The molecule has 2 rings (SSSR count). The van der Waals surface area contributed by atoms with E-state index in [-0.39, 0.29) is 35.3 Å². The van der Waals surface area contributed by atoms with Crippen LogP contribution in [0.25, 0.3) is 0 Å². The van der Waals surface area contributed by atoms with Gasteiger partial charge in [-0.3, -0.25) is 9.59 Å². The van der Waals surface area contributed by atoms with Gasteiger partial charge in [0.05, 0.1) is 0 Å². The first kappa shape index (κ1) is 18.9. The fourth-order valence-corrected chi connectivity index (χ4v) is 2.40. The summed E-state index contributed by atoms with van der Waals surface area (Å²) in [6, 6.07) is 8.77. The third kappa shape index (κ3) is 4.76. The monoisotopic (exact) mass is 363 g/mol. The Hall–Kier alpha value is -2.47. The molecule has 6 nitrogen and oxygen atoms in total. The highest BCUT2D eigenvalue weighted by Crippen LogP contribution is 2.27. The van der Waals surface area contributed by atoms with Crippen LogP contribution in [-0.4, -0.2) is 29.9 Å². The van der Waals surface area contributed by atoms with Gasteiger partial charge in [-0.25, -0.2) is 0 Å². The maximum Gasteiger partial charge on any atom is 0.271 e. The van der Waals surface area contributed by atoms with Gasteiger partial charge in [0.25, 0.3) is 11.8 Å². The number of carbonyl (C=O) groups excluding carboxylic acids is 2. The number of rotatable bonds is 6. The van der Waals surface area contributed by atoms with E-state index in [0.717, 1.165) is 5.56 Å². The number of amides is 2. The number of nitrogens with one attached hydrogen (secondary N) is 3. The van der Waals surface area contributed by atoms with Crippen molar-refractivity contribution in [2.24, 2.45) is 0 Å². The van der Waals surface area contributed by atoms with Crippen LogP contribution in [0.3, 0.4) is 0 Å². The molecule has 0 bridgehead atoms. The quantitative estimate of drug-likeness (QED) is 0.736. The molecule has 25 heavy (non-hydrogen) atoms. The zero-order valence-electron chi connectivity index (χ0n) is 14.6. The van der Waals surface area contributed by atoms with Gasteiger partial charge in [-0.15, -0.1) is 0 Å². The van der Waals surface area contributed by atoms with E-state index in [1.165, 1.54) is 13.1 Å². The predicted molar refractivity (Wildman–Crippen MR) is 97.3 cm³/mol. The number of aromatic amines is 1. The number of hydrogen-bond acceptors (Lipinski definition) is 3. The Balaban J connectivity index is 2.28. The molecule has 1 aromatic carbocycles. The van der Waals surface area contributed by atoms with Crippen molar-refractivity contribution < 1.29 is 14.3 Å². The SMILES string of the molecule is CNC(=O)c1[nH]c(C(=O)NC(C)C)cc1OC(C)c1ccc(Cl)cc1. The van der Waals surface area contributed by atoms with Gasteiger partial charge in [0.2, 0.25) is 0 Å². The molecule has 7 heteroatoms. The Kier molecular flexibility index (Phi) is 6.09. The Morgan fingerprint density at radius 2 is 1.76 bits per heavy atom. The molecule has 3 N–H and O–H groups in total. The average molecular weight is 364 g/mol. The van der Waals surface area contributed by atoms with E-state index >= 15 is 0 Å². The van der Waals surface area contributed by atoms with E-state index in [1.807, 2.05) is 32.9 Å². The van der Waals surface area contributed by atoms with Crippen molar-refractivity contribution in [1.82, 2.24) is 15.6 Å². The summed E-state index contributed by atoms with van der Waals surface area (Å²) in [7, 11) is 1.52. The first-order chi connectivity index (χ1) is 11.8. The molecular formula is C18H22ClN3O3. The minimum absolute atomic E-state index is 0.0170. The van der Waals surface area contributed by atoms with Gasteiger partial charge >= 0.3 is 0 Å². The van der Waals surface area contributed by atoms with Gasteiger partial charge in [0.15, 0.2) is 5.75 Å². The Morgan fingerprint density at radius 1 is 1.12 bits per heavy atom. The molecule has 134 valence electrons. The lowest BCUT2D eigenvalue weighted by molar-refractivity contribution is 0.0938. The van der Waals surface area contributed by atoms with Crippen molar-refractivity contribution in [3.63, 3.8) is 0 Å². The molecule has 0 fully saturated rings. The number of aromatic nitrogens is 1. The summed E-state index contributed by atoms with van der Waals surface area (Å²) in [6.07, 6.45) is -0.322. The molecule has 0 radical (unpaired) electrons. The lowest BCUT2D eigenvalue weighted by Crippen LogP contribution is -2.30. The summed E-state index contributed by atoms with van der Waals surface area (Å²) in [6.45, 7) is 5.58. The van der Waals surface area contributed by atoms with E-state index in [2.05, 4.69) is 15.6 Å². The molecule has 0 spiro atoms. The normalized spacial score (nSPS) is 11.9. The minimum Gasteiger partial charge on any atom is -0.484 e. The molecule has 0 aliphatic rings. The van der Waals surface area contributed by atoms with E-state index in [0.29, 0.717) is 10.8 Å². The summed E-state index contributed by atoms with van der Waals surface area (Å²) in [4.78, 5) is 27.1. The van der Waals surface area contributed by atoms with Crippen LogP contribution < -0.4 is 15.4 Å². The molecule has 1 aromatic heterocycles. The molecule has 1 unspecified atom stereocenters. The summed E-state index contributed by atoms with van der Waals surface area (Å²) in [5, 5.41) is 5.95.